The standard InChI is InChI=1S/C50H66O9S/c1-27-21-33(53)23-31-9-11-35-39(49(27,31)7)13-17-47(5)43(55)25-37(45(35)47)41(58-29(3)51)15-19-60(57)20-16-42(59-30(4)52)38-26-44(56)48(6)18-14-40-36(46(38)48)12-10-32-24-34(54)22-28(2)50(32,40)8/h21-24,35-42,45-46H,9-20,25-26H2,1-8H3/t35-,36-,37-,38-,39+,40+,41?,42?,45-,46-,47-,48-,49+,50+,60?/m1/s1. The Morgan fingerprint density at radius 2 is 1.03 bits per heavy atom. The molecule has 0 amide bonds. The molecule has 9 nitrogen and oxygen atoms in total. The minimum absolute atomic E-state index is 0.00853. The van der Waals surface area contributed by atoms with Gasteiger partial charge in [0.05, 0.1) is 0 Å². The highest BCUT2D eigenvalue weighted by Crippen LogP contribution is 2.68. The smallest absolute Gasteiger partial charge is 0.302 e. The molecule has 0 bridgehead atoms. The Morgan fingerprint density at radius 1 is 0.650 bits per heavy atom. The molecule has 60 heavy (non-hydrogen) atoms. The number of carbonyl (C=O) groups is 6. The second-order valence-corrected chi connectivity index (χ2v) is 22.8. The van der Waals surface area contributed by atoms with E-state index < -0.39 is 45.8 Å². The van der Waals surface area contributed by atoms with E-state index in [0.717, 1.165) is 62.5 Å². The third-order valence-electron chi connectivity index (χ3n) is 18.6. The normalized spacial score (nSPS) is 42.1. The number of Topliss-reactive ketones (excluding diaryl/α,β-unsaturated/α-hetero) is 2. The molecule has 6 fully saturated rings. The van der Waals surface area contributed by atoms with Crippen LogP contribution >= 0.6 is 0 Å². The lowest BCUT2D eigenvalue weighted by atomic mass is 9.46. The van der Waals surface area contributed by atoms with Crippen molar-refractivity contribution in [2.75, 3.05) is 11.5 Å². The summed E-state index contributed by atoms with van der Waals surface area (Å²) in [5.74, 6) is 0.885. The van der Waals surface area contributed by atoms with Gasteiger partial charge in [-0.1, -0.05) is 50.0 Å². The highest BCUT2D eigenvalue weighted by Gasteiger charge is 2.65. The van der Waals surface area contributed by atoms with Gasteiger partial charge in [-0.05, 0) is 138 Å². The van der Waals surface area contributed by atoms with Gasteiger partial charge in [-0.25, -0.2) is 0 Å². The van der Waals surface area contributed by atoms with Crippen molar-refractivity contribution in [1.82, 2.24) is 0 Å². The van der Waals surface area contributed by atoms with Gasteiger partial charge in [0.25, 0.3) is 0 Å². The summed E-state index contributed by atoms with van der Waals surface area (Å²) in [6, 6.07) is 0. The topological polar surface area (TPSA) is 138 Å². The third kappa shape index (κ3) is 6.77. The van der Waals surface area contributed by atoms with E-state index in [2.05, 4.69) is 41.5 Å². The van der Waals surface area contributed by atoms with Gasteiger partial charge in [-0.15, -0.1) is 0 Å². The SMILES string of the molecule is CC(=O)OC(CCS(=O)CCC(OC(C)=O)[C@H]1CC(=O)[C@@]2(C)CC[C@H]3[C@@H](CCC4=CC(=O)C=C(C)[C@@]43C)[C@H]12)[C@H]1CC(=O)[C@@]2(C)CC[C@H]3[C@@H](CCC4=CC(=O)C=C(C)[C@@]43C)[C@H]12. The molecular formula is C50H66O9S. The first-order chi connectivity index (χ1) is 28.2. The van der Waals surface area contributed by atoms with Crippen LogP contribution in [0.15, 0.2) is 46.6 Å². The molecule has 14 atom stereocenters. The largest absolute Gasteiger partial charge is 0.462 e. The fourth-order valence-electron chi connectivity index (χ4n) is 15.5. The maximum atomic E-state index is 14.1. The number of ketones is 4. The highest BCUT2D eigenvalue weighted by atomic mass is 32.2. The second kappa shape index (κ2) is 15.5. The zero-order valence-electron chi connectivity index (χ0n) is 37.1. The lowest BCUT2D eigenvalue weighted by Crippen LogP contribution is -2.53. The van der Waals surface area contributed by atoms with Crippen LogP contribution in [-0.4, -0.2) is 63.0 Å². The molecule has 10 heteroatoms. The lowest BCUT2D eigenvalue weighted by molar-refractivity contribution is -0.154. The first-order valence-corrected chi connectivity index (χ1v) is 24.4. The van der Waals surface area contributed by atoms with E-state index in [4.69, 9.17) is 9.47 Å². The number of hydrogen-bond acceptors (Lipinski definition) is 9. The van der Waals surface area contributed by atoms with Crippen LogP contribution in [0.3, 0.4) is 0 Å². The molecule has 6 saturated carbocycles. The highest BCUT2D eigenvalue weighted by molar-refractivity contribution is 7.84. The van der Waals surface area contributed by atoms with Crippen molar-refractivity contribution in [1.29, 1.82) is 0 Å². The summed E-state index contributed by atoms with van der Waals surface area (Å²) in [6.07, 6.45) is 14.1. The molecule has 0 aromatic carbocycles. The molecule has 0 aromatic rings. The van der Waals surface area contributed by atoms with E-state index in [1.165, 1.54) is 25.0 Å². The molecule has 0 aliphatic heterocycles. The molecule has 2 unspecified atom stereocenters. The monoisotopic (exact) mass is 842 g/mol. The van der Waals surface area contributed by atoms with E-state index in [1.807, 2.05) is 12.2 Å². The number of carbonyl (C=O) groups excluding carboxylic acids is 6. The quantitative estimate of drug-likeness (QED) is 0.199. The summed E-state index contributed by atoms with van der Waals surface area (Å²) in [5.41, 5.74) is 3.03. The Kier molecular flexibility index (Phi) is 11.2. The van der Waals surface area contributed by atoms with Crippen LogP contribution in [0.1, 0.15) is 132 Å². The molecule has 0 N–H and O–H groups in total. The van der Waals surface area contributed by atoms with Crippen LogP contribution in [0.2, 0.25) is 0 Å². The second-order valence-electron chi connectivity index (χ2n) is 21.1. The van der Waals surface area contributed by atoms with Crippen LogP contribution < -0.4 is 0 Å². The van der Waals surface area contributed by atoms with Gasteiger partial charge < -0.3 is 9.47 Å². The van der Waals surface area contributed by atoms with Crippen molar-refractivity contribution in [3.63, 3.8) is 0 Å². The average molecular weight is 843 g/mol. The van der Waals surface area contributed by atoms with Gasteiger partial charge in [-0.3, -0.25) is 33.0 Å². The third-order valence-corrected chi connectivity index (χ3v) is 19.9. The first kappa shape index (κ1) is 43.4. The van der Waals surface area contributed by atoms with Gasteiger partial charge in [0, 0.05) is 82.5 Å². The van der Waals surface area contributed by atoms with Crippen molar-refractivity contribution in [2.24, 2.45) is 69.0 Å². The minimum atomic E-state index is -1.35. The molecule has 0 radical (unpaired) electrons. The molecule has 8 aliphatic carbocycles. The summed E-state index contributed by atoms with van der Waals surface area (Å²) in [5, 5.41) is 0. The molecule has 0 aromatic heterocycles. The van der Waals surface area contributed by atoms with Crippen LogP contribution in [0.4, 0.5) is 0 Å². The minimum Gasteiger partial charge on any atom is -0.462 e. The van der Waals surface area contributed by atoms with Gasteiger partial charge in [0.1, 0.15) is 23.8 Å². The summed E-state index contributed by atoms with van der Waals surface area (Å²) < 4.78 is 26.3. The van der Waals surface area contributed by atoms with E-state index >= 15 is 0 Å². The predicted octanol–water partition coefficient (Wildman–Crippen LogP) is 8.37. The fraction of sp³-hybridized carbons (Fsp3) is 0.720. The number of allylic oxidation sites excluding steroid dienone is 8. The van der Waals surface area contributed by atoms with Gasteiger partial charge in [0.15, 0.2) is 11.6 Å². The predicted molar refractivity (Wildman–Crippen MR) is 228 cm³/mol. The van der Waals surface area contributed by atoms with Gasteiger partial charge >= 0.3 is 11.9 Å². The Hall–Kier alpha value is -3.27. The maximum absolute atomic E-state index is 14.1. The zero-order chi connectivity index (χ0) is 43.3. The van der Waals surface area contributed by atoms with E-state index in [-0.39, 0.29) is 92.8 Å². The van der Waals surface area contributed by atoms with E-state index in [0.29, 0.717) is 25.7 Å². The molecule has 326 valence electrons. The Labute approximate surface area is 358 Å². The van der Waals surface area contributed by atoms with Gasteiger partial charge in [0.2, 0.25) is 0 Å². The molecule has 0 saturated heterocycles. The average Bonchev–Trinajstić information content (AvgIpc) is 3.60. The molecule has 8 aliphatic rings. The number of ether oxygens (including phenoxy) is 2. The Bertz CT molecular complexity index is 1910. The summed E-state index contributed by atoms with van der Waals surface area (Å²) in [7, 11) is -1.35. The number of esters is 2. The molecule has 0 spiro atoms. The van der Waals surface area contributed by atoms with Crippen molar-refractivity contribution in [3.05, 3.63) is 46.6 Å². The van der Waals surface area contributed by atoms with Crippen molar-refractivity contribution >= 4 is 45.9 Å². The fourth-order valence-corrected chi connectivity index (χ4v) is 16.7. The molecule has 0 heterocycles. The Morgan fingerprint density at radius 3 is 1.40 bits per heavy atom. The molecule has 8 rings (SSSR count). The van der Waals surface area contributed by atoms with Crippen LogP contribution in [0, 0.1) is 69.0 Å². The lowest BCUT2D eigenvalue weighted by Gasteiger charge is -2.58. The number of hydrogen-bond donors (Lipinski definition) is 0. The van der Waals surface area contributed by atoms with Crippen molar-refractivity contribution in [3.8, 4) is 0 Å². The van der Waals surface area contributed by atoms with Crippen molar-refractivity contribution in [2.45, 2.75) is 145 Å². The first-order valence-electron chi connectivity index (χ1n) is 22.9. The van der Waals surface area contributed by atoms with E-state index in [1.54, 1.807) is 12.2 Å². The number of rotatable bonds is 10. The zero-order valence-corrected chi connectivity index (χ0v) is 37.9. The van der Waals surface area contributed by atoms with Crippen LogP contribution in [0.5, 0.6) is 0 Å². The maximum Gasteiger partial charge on any atom is 0.302 e. The number of fused-ring (bicyclic) bond motifs is 10. The van der Waals surface area contributed by atoms with E-state index in [9.17, 15) is 33.0 Å². The van der Waals surface area contributed by atoms with Crippen LogP contribution in [0.25, 0.3) is 0 Å². The Balaban J connectivity index is 0.988. The summed E-state index contributed by atoms with van der Waals surface area (Å²) >= 11 is 0. The van der Waals surface area contributed by atoms with Crippen LogP contribution in [-0.2, 0) is 49.0 Å². The molecular weight excluding hydrogens is 777 g/mol. The van der Waals surface area contributed by atoms with Crippen molar-refractivity contribution < 1.29 is 42.4 Å². The van der Waals surface area contributed by atoms with Gasteiger partial charge in [-0.2, -0.15) is 0 Å². The summed E-state index contributed by atoms with van der Waals surface area (Å²) in [6.45, 7) is 15.7. The summed E-state index contributed by atoms with van der Waals surface area (Å²) in [4.78, 5) is 78.5.